The van der Waals surface area contributed by atoms with Crippen molar-refractivity contribution in [2.24, 2.45) is 5.92 Å². The van der Waals surface area contributed by atoms with Gasteiger partial charge in [0.15, 0.2) is 11.0 Å². The van der Waals surface area contributed by atoms with Crippen LogP contribution in [0.3, 0.4) is 0 Å². The summed E-state index contributed by atoms with van der Waals surface area (Å²) < 4.78 is 0. The minimum absolute atomic E-state index is 0.326. The number of nitrogen functional groups attached to an aromatic ring is 1. The SMILES string of the molecule is CCCC1CCC(Nc2ncnc(Cl)c2N)CC1. The van der Waals surface area contributed by atoms with E-state index in [1.807, 2.05) is 0 Å². The van der Waals surface area contributed by atoms with E-state index in [9.17, 15) is 0 Å². The van der Waals surface area contributed by atoms with Gasteiger partial charge in [-0.3, -0.25) is 0 Å². The maximum absolute atomic E-state index is 5.88. The molecule has 0 aromatic carbocycles. The van der Waals surface area contributed by atoms with Crippen LogP contribution in [-0.4, -0.2) is 16.0 Å². The van der Waals surface area contributed by atoms with E-state index in [4.69, 9.17) is 17.3 Å². The number of halogens is 1. The average molecular weight is 269 g/mol. The van der Waals surface area contributed by atoms with Crippen molar-refractivity contribution in [2.45, 2.75) is 51.5 Å². The Kier molecular flexibility index (Phi) is 4.64. The number of anilines is 2. The molecule has 0 atom stereocenters. The van der Waals surface area contributed by atoms with Gasteiger partial charge >= 0.3 is 0 Å². The molecule has 0 amide bonds. The molecular weight excluding hydrogens is 248 g/mol. The second-order valence-electron chi connectivity index (χ2n) is 5.08. The van der Waals surface area contributed by atoms with Crippen LogP contribution in [0.25, 0.3) is 0 Å². The van der Waals surface area contributed by atoms with Crippen LogP contribution in [0.5, 0.6) is 0 Å². The molecule has 1 fully saturated rings. The topological polar surface area (TPSA) is 63.8 Å². The highest BCUT2D eigenvalue weighted by atomic mass is 35.5. The first kappa shape index (κ1) is 13.4. The van der Waals surface area contributed by atoms with Crippen molar-refractivity contribution in [3.8, 4) is 0 Å². The zero-order chi connectivity index (χ0) is 13.0. The van der Waals surface area contributed by atoms with Gasteiger partial charge in [-0.1, -0.05) is 31.4 Å². The van der Waals surface area contributed by atoms with Gasteiger partial charge in [-0.05, 0) is 31.6 Å². The van der Waals surface area contributed by atoms with Crippen LogP contribution < -0.4 is 11.1 Å². The fraction of sp³-hybridized carbons (Fsp3) is 0.692. The van der Waals surface area contributed by atoms with Crippen LogP contribution in [0.15, 0.2) is 6.33 Å². The van der Waals surface area contributed by atoms with Gasteiger partial charge in [0, 0.05) is 6.04 Å². The molecule has 0 spiro atoms. The lowest BCUT2D eigenvalue weighted by molar-refractivity contribution is 0.318. The number of nitrogens with zero attached hydrogens (tertiary/aromatic N) is 2. The summed E-state index contributed by atoms with van der Waals surface area (Å²) in [5, 5.41) is 3.72. The lowest BCUT2D eigenvalue weighted by atomic mass is 9.83. The van der Waals surface area contributed by atoms with Gasteiger partial charge in [-0.15, -0.1) is 0 Å². The Labute approximate surface area is 113 Å². The molecule has 0 aliphatic heterocycles. The van der Waals surface area contributed by atoms with Crippen molar-refractivity contribution < 1.29 is 0 Å². The summed E-state index contributed by atoms with van der Waals surface area (Å²) in [7, 11) is 0. The lowest BCUT2D eigenvalue weighted by Gasteiger charge is -2.29. The predicted octanol–water partition coefficient (Wildman–Crippen LogP) is 3.48. The Bertz CT molecular complexity index is 389. The zero-order valence-electron chi connectivity index (χ0n) is 10.8. The molecule has 0 radical (unpaired) electrons. The number of nitrogens with two attached hydrogens (primary N) is 1. The van der Waals surface area contributed by atoms with Gasteiger partial charge in [0.1, 0.15) is 12.0 Å². The van der Waals surface area contributed by atoms with Gasteiger partial charge in [0.05, 0.1) is 0 Å². The Balaban J connectivity index is 1.90. The molecule has 3 N–H and O–H groups in total. The summed E-state index contributed by atoms with van der Waals surface area (Å²) in [4.78, 5) is 8.02. The molecule has 1 aliphatic carbocycles. The Morgan fingerprint density at radius 1 is 1.33 bits per heavy atom. The lowest BCUT2D eigenvalue weighted by Crippen LogP contribution is -2.27. The highest BCUT2D eigenvalue weighted by Crippen LogP contribution is 2.31. The van der Waals surface area contributed by atoms with Gasteiger partial charge in [0.25, 0.3) is 0 Å². The number of hydrogen-bond donors (Lipinski definition) is 2. The molecule has 1 aliphatic rings. The molecule has 0 unspecified atom stereocenters. The molecular formula is C13H21ClN4. The summed E-state index contributed by atoms with van der Waals surface area (Å²) in [5.41, 5.74) is 6.31. The van der Waals surface area contributed by atoms with Crippen molar-refractivity contribution in [1.29, 1.82) is 0 Å². The van der Waals surface area contributed by atoms with E-state index >= 15 is 0 Å². The fourth-order valence-electron chi connectivity index (χ4n) is 2.69. The first-order valence-electron chi connectivity index (χ1n) is 6.73. The van der Waals surface area contributed by atoms with Crippen molar-refractivity contribution in [3.05, 3.63) is 11.5 Å². The van der Waals surface area contributed by atoms with Crippen LogP contribution >= 0.6 is 11.6 Å². The number of hydrogen-bond acceptors (Lipinski definition) is 4. The minimum atomic E-state index is 0.326. The molecule has 4 nitrogen and oxygen atoms in total. The van der Waals surface area contributed by atoms with E-state index < -0.39 is 0 Å². The Morgan fingerprint density at radius 2 is 2.06 bits per heavy atom. The number of nitrogens with one attached hydrogen (secondary N) is 1. The molecule has 1 saturated carbocycles. The maximum Gasteiger partial charge on any atom is 0.157 e. The van der Waals surface area contributed by atoms with E-state index in [1.54, 1.807) is 0 Å². The second-order valence-corrected chi connectivity index (χ2v) is 5.44. The van der Waals surface area contributed by atoms with E-state index in [0.29, 0.717) is 22.7 Å². The molecule has 0 bridgehead atoms. The largest absolute Gasteiger partial charge is 0.393 e. The Morgan fingerprint density at radius 3 is 2.72 bits per heavy atom. The summed E-state index contributed by atoms with van der Waals surface area (Å²) in [5.74, 6) is 1.58. The first-order chi connectivity index (χ1) is 8.70. The monoisotopic (exact) mass is 268 g/mol. The molecule has 1 aromatic rings. The second kappa shape index (κ2) is 6.23. The van der Waals surface area contributed by atoms with Gasteiger partial charge in [-0.2, -0.15) is 0 Å². The van der Waals surface area contributed by atoms with Crippen LogP contribution in [0.2, 0.25) is 5.15 Å². The molecule has 100 valence electrons. The number of rotatable bonds is 4. The quantitative estimate of drug-likeness (QED) is 0.821. The third-order valence-electron chi connectivity index (χ3n) is 3.72. The van der Waals surface area contributed by atoms with Crippen LogP contribution in [0, 0.1) is 5.92 Å². The third kappa shape index (κ3) is 3.25. The maximum atomic E-state index is 5.88. The molecule has 5 heteroatoms. The predicted molar refractivity (Wildman–Crippen MR) is 75.7 cm³/mol. The van der Waals surface area contributed by atoms with Crippen molar-refractivity contribution >= 4 is 23.1 Å². The van der Waals surface area contributed by atoms with Crippen molar-refractivity contribution in [1.82, 2.24) is 9.97 Å². The van der Waals surface area contributed by atoms with E-state index in [-0.39, 0.29) is 0 Å². The molecule has 0 saturated heterocycles. The molecule has 18 heavy (non-hydrogen) atoms. The van der Waals surface area contributed by atoms with E-state index in [0.717, 1.165) is 5.92 Å². The summed E-state index contributed by atoms with van der Waals surface area (Å²) in [6.45, 7) is 2.26. The van der Waals surface area contributed by atoms with Crippen LogP contribution in [0.1, 0.15) is 45.4 Å². The summed E-state index contributed by atoms with van der Waals surface area (Å²) in [6.07, 6.45) is 9.06. The smallest absolute Gasteiger partial charge is 0.157 e. The van der Waals surface area contributed by atoms with Gasteiger partial charge in [-0.25, -0.2) is 9.97 Å². The zero-order valence-corrected chi connectivity index (χ0v) is 11.6. The third-order valence-corrected chi connectivity index (χ3v) is 4.02. The van der Waals surface area contributed by atoms with E-state index in [2.05, 4.69) is 22.2 Å². The molecule has 1 aromatic heterocycles. The molecule has 1 heterocycles. The summed E-state index contributed by atoms with van der Waals surface area (Å²) >= 11 is 5.88. The van der Waals surface area contributed by atoms with Gasteiger partial charge in [0.2, 0.25) is 0 Å². The highest BCUT2D eigenvalue weighted by molar-refractivity contribution is 6.32. The van der Waals surface area contributed by atoms with Crippen LogP contribution in [0.4, 0.5) is 11.5 Å². The molecule has 2 rings (SSSR count). The van der Waals surface area contributed by atoms with Crippen molar-refractivity contribution in [3.63, 3.8) is 0 Å². The van der Waals surface area contributed by atoms with Crippen molar-refractivity contribution in [2.75, 3.05) is 11.1 Å². The number of aromatic nitrogens is 2. The summed E-state index contributed by atoms with van der Waals surface area (Å²) in [6, 6.07) is 0.464. The first-order valence-corrected chi connectivity index (χ1v) is 7.11. The average Bonchev–Trinajstić information content (AvgIpc) is 2.38. The van der Waals surface area contributed by atoms with E-state index in [1.165, 1.54) is 44.9 Å². The minimum Gasteiger partial charge on any atom is -0.393 e. The highest BCUT2D eigenvalue weighted by Gasteiger charge is 2.21. The normalized spacial score (nSPS) is 23.9. The standard InChI is InChI=1S/C13H21ClN4/c1-2-3-9-4-6-10(7-5-9)18-13-11(15)12(14)16-8-17-13/h8-10H,2-7,15H2,1H3,(H,16,17,18). The fourth-order valence-corrected chi connectivity index (χ4v) is 2.82. The van der Waals surface area contributed by atoms with Gasteiger partial charge < -0.3 is 11.1 Å². The Hall–Kier alpha value is -1.03. The van der Waals surface area contributed by atoms with Crippen LogP contribution in [-0.2, 0) is 0 Å².